The highest BCUT2D eigenvalue weighted by atomic mass is 16.1. The molecule has 1 heterocycles. The molecule has 0 aliphatic heterocycles. The maximum atomic E-state index is 12.1. The Balaban J connectivity index is 2.41. The monoisotopic (exact) mass is 245 g/mol. The molecule has 2 aromatic rings. The quantitative estimate of drug-likeness (QED) is 0.892. The lowest BCUT2D eigenvalue weighted by molar-refractivity contribution is 0.540. The van der Waals surface area contributed by atoms with Crippen molar-refractivity contribution in [2.45, 2.75) is 33.4 Å². The van der Waals surface area contributed by atoms with E-state index in [-0.39, 0.29) is 5.56 Å². The third-order valence-electron chi connectivity index (χ3n) is 2.90. The van der Waals surface area contributed by atoms with Crippen molar-refractivity contribution in [1.29, 1.82) is 0 Å². The van der Waals surface area contributed by atoms with E-state index in [9.17, 15) is 4.79 Å². The van der Waals surface area contributed by atoms with Gasteiger partial charge in [0.05, 0.1) is 11.0 Å². The molecular formula is C14H19N3O. The molecule has 0 spiro atoms. The van der Waals surface area contributed by atoms with Crippen LogP contribution in [0.15, 0.2) is 29.1 Å². The van der Waals surface area contributed by atoms with Gasteiger partial charge in [-0.1, -0.05) is 26.0 Å². The summed E-state index contributed by atoms with van der Waals surface area (Å²) < 4.78 is 1.80. The Labute approximate surface area is 107 Å². The van der Waals surface area contributed by atoms with Crippen LogP contribution in [0.3, 0.4) is 0 Å². The number of rotatable bonds is 4. The second-order valence-electron chi connectivity index (χ2n) is 4.75. The first kappa shape index (κ1) is 12.8. The molecular weight excluding hydrogens is 226 g/mol. The van der Waals surface area contributed by atoms with Gasteiger partial charge in [-0.3, -0.25) is 4.79 Å². The van der Waals surface area contributed by atoms with Crippen molar-refractivity contribution in [3.63, 3.8) is 0 Å². The zero-order valence-electron chi connectivity index (χ0n) is 11.1. The summed E-state index contributed by atoms with van der Waals surface area (Å²) in [5, 5.41) is 3.33. The molecule has 1 N–H and O–H groups in total. The summed E-state index contributed by atoms with van der Waals surface area (Å²) in [6.45, 7) is 7.41. The van der Waals surface area contributed by atoms with Crippen molar-refractivity contribution in [3.05, 3.63) is 40.3 Å². The van der Waals surface area contributed by atoms with Crippen LogP contribution in [-0.2, 0) is 6.54 Å². The van der Waals surface area contributed by atoms with E-state index in [1.54, 1.807) is 11.5 Å². The van der Waals surface area contributed by atoms with Gasteiger partial charge in [0.15, 0.2) is 0 Å². The van der Waals surface area contributed by atoms with Crippen LogP contribution in [0.2, 0.25) is 0 Å². The number of nitrogens with zero attached hydrogens (tertiary/aromatic N) is 2. The first-order chi connectivity index (χ1) is 8.59. The van der Waals surface area contributed by atoms with E-state index in [2.05, 4.69) is 24.1 Å². The summed E-state index contributed by atoms with van der Waals surface area (Å²) in [4.78, 5) is 16.5. The highest BCUT2D eigenvalue weighted by Crippen LogP contribution is 2.09. The highest BCUT2D eigenvalue weighted by Gasteiger charge is 2.07. The molecule has 0 aliphatic carbocycles. The minimum atomic E-state index is -0.000689. The number of fused-ring (bicyclic) bond motifs is 1. The first-order valence-corrected chi connectivity index (χ1v) is 6.29. The maximum absolute atomic E-state index is 12.1. The topological polar surface area (TPSA) is 46.9 Å². The normalized spacial score (nSPS) is 11.3. The third kappa shape index (κ3) is 2.59. The molecule has 0 fully saturated rings. The van der Waals surface area contributed by atoms with Gasteiger partial charge in [0.1, 0.15) is 5.69 Å². The molecule has 0 saturated heterocycles. The van der Waals surface area contributed by atoms with E-state index in [0.29, 0.717) is 18.3 Å². The fourth-order valence-corrected chi connectivity index (χ4v) is 2.01. The van der Waals surface area contributed by atoms with Gasteiger partial charge >= 0.3 is 0 Å². The third-order valence-corrected chi connectivity index (χ3v) is 2.90. The lowest BCUT2D eigenvalue weighted by atomic mass is 10.2. The number of hydrogen-bond acceptors (Lipinski definition) is 3. The van der Waals surface area contributed by atoms with Crippen molar-refractivity contribution >= 4 is 11.0 Å². The molecule has 18 heavy (non-hydrogen) atoms. The molecule has 0 atom stereocenters. The Kier molecular flexibility index (Phi) is 3.77. The van der Waals surface area contributed by atoms with Gasteiger partial charge in [-0.2, -0.15) is 0 Å². The molecule has 0 unspecified atom stereocenters. The molecule has 0 radical (unpaired) electrons. The van der Waals surface area contributed by atoms with Crippen LogP contribution in [0.4, 0.5) is 0 Å². The van der Waals surface area contributed by atoms with Gasteiger partial charge in [0.25, 0.3) is 5.56 Å². The van der Waals surface area contributed by atoms with Crippen molar-refractivity contribution < 1.29 is 0 Å². The Hall–Kier alpha value is -1.68. The van der Waals surface area contributed by atoms with Crippen molar-refractivity contribution in [1.82, 2.24) is 14.9 Å². The average Bonchev–Trinajstić information content (AvgIpc) is 2.33. The highest BCUT2D eigenvalue weighted by molar-refractivity contribution is 5.74. The minimum Gasteiger partial charge on any atom is -0.313 e. The lowest BCUT2D eigenvalue weighted by Gasteiger charge is -2.13. The number of hydrogen-bond donors (Lipinski definition) is 1. The molecule has 4 heteroatoms. The summed E-state index contributed by atoms with van der Waals surface area (Å²) in [6.07, 6.45) is 0. The number of benzene rings is 1. The summed E-state index contributed by atoms with van der Waals surface area (Å²) in [7, 11) is 0. The second-order valence-corrected chi connectivity index (χ2v) is 4.75. The van der Waals surface area contributed by atoms with Crippen LogP contribution >= 0.6 is 0 Å². The van der Waals surface area contributed by atoms with Crippen molar-refractivity contribution in [2.75, 3.05) is 6.54 Å². The summed E-state index contributed by atoms with van der Waals surface area (Å²) >= 11 is 0. The summed E-state index contributed by atoms with van der Waals surface area (Å²) in [6, 6.07) is 8.18. The first-order valence-electron chi connectivity index (χ1n) is 6.29. The Morgan fingerprint density at radius 1 is 1.33 bits per heavy atom. The molecule has 96 valence electrons. The number of para-hydroxylation sites is 2. The average molecular weight is 245 g/mol. The maximum Gasteiger partial charge on any atom is 0.272 e. The standard InChI is InChI=1S/C14H19N3O/c1-10(2)15-8-9-17-13-7-5-4-6-12(13)16-11(3)14(17)18/h4-7,10,15H,8-9H2,1-3H3. The summed E-state index contributed by atoms with van der Waals surface area (Å²) in [5.41, 5.74) is 2.33. The van der Waals surface area contributed by atoms with Crippen LogP contribution in [0, 0.1) is 6.92 Å². The van der Waals surface area contributed by atoms with Crippen molar-refractivity contribution in [2.24, 2.45) is 0 Å². The fourth-order valence-electron chi connectivity index (χ4n) is 2.01. The van der Waals surface area contributed by atoms with Gasteiger partial charge in [-0.05, 0) is 19.1 Å². The molecule has 0 saturated carbocycles. The largest absolute Gasteiger partial charge is 0.313 e. The molecule has 0 bridgehead atoms. The van der Waals surface area contributed by atoms with E-state index in [1.165, 1.54) is 0 Å². The second kappa shape index (κ2) is 5.31. The SMILES string of the molecule is Cc1nc2ccccc2n(CCNC(C)C)c1=O. The zero-order chi connectivity index (χ0) is 13.1. The molecule has 2 rings (SSSR count). The van der Waals surface area contributed by atoms with Crippen LogP contribution in [-0.4, -0.2) is 22.1 Å². The number of aryl methyl sites for hydroxylation is 1. The predicted molar refractivity (Wildman–Crippen MR) is 73.9 cm³/mol. The molecule has 1 aromatic heterocycles. The van der Waals surface area contributed by atoms with Gasteiger partial charge in [-0.25, -0.2) is 4.98 Å². The van der Waals surface area contributed by atoms with E-state index in [1.807, 2.05) is 24.3 Å². The molecule has 1 aromatic carbocycles. The zero-order valence-corrected chi connectivity index (χ0v) is 11.1. The Bertz CT molecular complexity index is 602. The van der Waals surface area contributed by atoms with Gasteiger partial charge in [0.2, 0.25) is 0 Å². The lowest BCUT2D eigenvalue weighted by Crippen LogP contribution is -2.32. The Morgan fingerprint density at radius 2 is 2.06 bits per heavy atom. The Morgan fingerprint density at radius 3 is 2.78 bits per heavy atom. The summed E-state index contributed by atoms with van der Waals surface area (Å²) in [5.74, 6) is 0. The molecule has 0 amide bonds. The van der Waals surface area contributed by atoms with Crippen LogP contribution in [0.25, 0.3) is 11.0 Å². The van der Waals surface area contributed by atoms with Crippen molar-refractivity contribution in [3.8, 4) is 0 Å². The van der Waals surface area contributed by atoms with E-state index >= 15 is 0 Å². The minimum absolute atomic E-state index is 0.000689. The fraction of sp³-hybridized carbons (Fsp3) is 0.429. The van der Waals surface area contributed by atoms with Crippen LogP contribution in [0.1, 0.15) is 19.5 Å². The molecule has 0 aliphatic rings. The van der Waals surface area contributed by atoms with Gasteiger partial charge < -0.3 is 9.88 Å². The number of nitrogens with one attached hydrogen (secondary N) is 1. The molecule has 4 nitrogen and oxygen atoms in total. The van der Waals surface area contributed by atoms with E-state index in [0.717, 1.165) is 17.6 Å². The van der Waals surface area contributed by atoms with E-state index < -0.39 is 0 Å². The van der Waals surface area contributed by atoms with Gasteiger partial charge in [0, 0.05) is 19.1 Å². The predicted octanol–water partition coefficient (Wildman–Crippen LogP) is 1.70. The van der Waals surface area contributed by atoms with Crippen LogP contribution in [0.5, 0.6) is 0 Å². The van der Waals surface area contributed by atoms with Crippen LogP contribution < -0.4 is 10.9 Å². The smallest absolute Gasteiger partial charge is 0.272 e. The van der Waals surface area contributed by atoms with E-state index in [4.69, 9.17) is 0 Å². The number of aromatic nitrogens is 2. The van der Waals surface area contributed by atoms with Gasteiger partial charge in [-0.15, -0.1) is 0 Å².